The molecule has 0 radical (unpaired) electrons. The molecule has 0 saturated carbocycles. The van der Waals surface area contributed by atoms with Gasteiger partial charge in [0.05, 0.1) is 7.11 Å². The molecule has 1 atom stereocenters. The van der Waals surface area contributed by atoms with Gasteiger partial charge in [-0.3, -0.25) is 0 Å². The van der Waals surface area contributed by atoms with Crippen LogP contribution in [-0.2, 0) is 4.79 Å². The zero-order valence-corrected chi connectivity index (χ0v) is 12.3. The fraction of sp³-hybridized carbons (Fsp3) is 0.333. The van der Waals surface area contributed by atoms with Crippen molar-refractivity contribution in [3.05, 3.63) is 22.7 Å². The lowest BCUT2D eigenvalue weighted by Crippen LogP contribution is -2.33. The van der Waals surface area contributed by atoms with E-state index >= 15 is 0 Å². The molecule has 1 aromatic rings. The summed E-state index contributed by atoms with van der Waals surface area (Å²) in [6.45, 7) is 0.0461. The van der Waals surface area contributed by atoms with Gasteiger partial charge in [-0.2, -0.15) is 0 Å². The van der Waals surface area contributed by atoms with E-state index in [1.807, 2.05) is 0 Å². The number of benzene rings is 1. The van der Waals surface area contributed by atoms with Crippen molar-refractivity contribution in [3.8, 4) is 5.75 Å². The minimum atomic E-state index is -1.48. The largest absolute Gasteiger partial charge is 0.497 e. The molecule has 20 heavy (non-hydrogen) atoms. The Morgan fingerprint density at radius 2 is 2.10 bits per heavy atom. The molecule has 4 N–H and O–H groups in total. The van der Waals surface area contributed by atoms with Crippen LogP contribution in [0, 0.1) is 0 Å². The molecule has 110 valence electrons. The van der Waals surface area contributed by atoms with E-state index < -0.39 is 18.1 Å². The first kappa shape index (κ1) is 16.3. The van der Waals surface area contributed by atoms with Crippen LogP contribution in [0.5, 0.6) is 5.75 Å². The van der Waals surface area contributed by atoms with Gasteiger partial charge in [0.2, 0.25) is 0 Å². The monoisotopic (exact) mass is 346 g/mol. The standard InChI is InChI=1S/C12H15BrN2O5/c1-20-9-5-7(13)4-8(6-9)15-12(19)14-3-2-10(16)11(17)18/h4-6,10,16H,2-3H2,1H3,(H,17,18)(H2,14,15,19)/t10-/m0/s1. The van der Waals surface area contributed by atoms with E-state index in [0.29, 0.717) is 11.4 Å². The van der Waals surface area contributed by atoms with Crippen LogP contribution in [0.1, 0.15) is 6.42 Å². The lowest BCUT2D eigenvalue weighted by molar-refractivity contribution is -0.146. The quantitative estimate of drug-likeness (QED) is 0.622. The number of nitrogens with one attached hydrogen (secondary N) is 2. The summed E-state index contributed by atoms with van der Waals surface area (Å²) in [5.74, 6) is -0.736. The van der Waals surface area contributed by atoms with Gasteiger partial charge in [0.15, 0.2) is 6.10 Å². The fourth-order valence-corrected chi connectivity index (χ4v) is 1.85. The van der Waals surface area contributed by atoms with Gasteiger partial charge in [-0.1, -0.05) is 15.9 Å². The molecule has 0 fully saturated rings. The number of methoxy groups -OCH3 is 1. The molecule has 0 saturated heterocycles. The SMILES string of the molecule is COc1cc(Br)cc(NC(=O)NCC[C@H](O)C(=O)O)c1. The minimum Gasteiger partial charge on any atom is -0.497 e. The van der Waals surface area contributed by atoms with Crippen LogP contribution in [0.3, 0.4) is 0 Å². The molecule has 0 heterocycles. The second kappa shape index (κ2) is 7.71. The van der Waals surface area contributed by atoms with Crippen LogP contribution in [0.4, 0.5) is 10.5 Å². The fourth-order valence-electron chi connectivity index (χ4n) is 1.37. The van der Waals surface area contributed by atoms with Crippen molar-refractivity contribution < 1.29 is 24.5 Å². The molecule has 8 heteroatoms. The Kier molecular flexibility index (Phi) is 6.26. The summed E-state index contributed by atoms with van der Waals surface area (Å²) in [5, 5.41) is 22.5. The van der Waals surface area contributed by atoms with Crippen molar-refractivity contribution in [1.29, 1.82) is 0 Å². The van der Waals surface area contributed by atoms with Gasteiger partial charge in [0.1, 0.15) is 5.75 Å². The molecule has 0 aliphatic carbocycles. The van der Waals surface area contributed by atoms with Crippen molar-refractivity contribution in [3.63, 3.8) is 0 Å². The number of carboxylic acids is 1. The number of hydrogen-bond donors (Lipinski definition) is 4. The maximum atomic E-state index is 11.6. The van der Waals surface area contributed by atoms with Crippen molar-refractivity contribution in [2.24, 2.45) is 0 Å². The Morgan fingerprint density at radius 3 is 2.70 bits per heavy atom. The number of urea groups is 1. The van der Waals surface area contributed by atoms with E-state index in [9.17, 15) is 9.59 Å². The summed E-state index contributed by atoms with van der Waals surface area (Å²) in [6.07, 6.45) is -1.55. The first-order valence-electron chi connectivity index (χ1n) is 5.72. The van der Waals surface area contributed by atoms with Crippen molar-refractivity contribution >= 4 is 33.6 Å². The summed E-state index contributed by atoms with van der Waals surface area (Å²) >= 11 is 3.28. The van der Waals surface area contributed by atoms with Crippen molar-refractivity contribution in [2.75, 3.05) is 19.0 Å². The van der Waals surface area contributed by atoms with Gasteiger partial charge in [-0.05, 0) is 12.1 Å². The second-order valence-electron chi connectivity index (χ2n) is 3.90. The predicted octanol–water partition coefficient (Wildman–Crippen LogP) is 1.41. The number of carbonyl (C=O) groups is 2. The number of ether oxygens (including phenoxy) is 1. The molecule has 0 bridgehead atoms. The van der Waals surface area contributed by atoms with E-state index in [-0.39, 0.29) is 13.0 Å². The lowest BCUT2D eigenvalue weighted by Gasteiger charge is -2.10. The molecule has 1 rings (SSSR count). The molecule has 0 aromatic heterocycles. The number of anilines is 1. The van der Waals surface area contributed by atoms with E-state index in [4.69, 9.17) is 14.9 Å². The number of aliphatic carboxylic acids is 1. The molecule has 0 aliphatic rings. The number of carboxylic acid groups (broad SMARTS) is 1. The average Bonchev–Trinajstić information content (AvgIpc) is 2.37. The molecule has 0 spiro atoms. The van der Waals surface area contributed by atoms with Gasteiger partial charge in [-0.15, -0.1) is 0 Å². The van der Waals surface area contributed by atoms with E-state index in [2.05, 4.69) is 26.6 Å². The van der Waals surface area contributed by atoms with Crippen LogP contribution in [0.15, 0.2) is 22.7 Å². The maximum Gasteiger partial charge on any atom is 0.332 e. The Labute approximate surface area is 124 Å². The highest BCUT2D eigenvalue weighted by Crippen LogP contribution is 2.24. The summed E-state index contributed by atoms with van der Waals surface area (Å²) in [5.41, 5.74) is 0.521. The third kappa shape index (κ3) is 5.45. The summed E-state index contributed by atoms with van der Waals surface area (Å²) < 4.78 is 5.80. The van der Waals surface area contributed by atoms with Crippen LogP contribution in [0.25, 0.3) is 0 Å². The highest BCUT2D eigenvalue weighted by atomic mass is 79.9. The number of amides is 2. The topological polar surface area (TPSA) is 108 Å². The summed E-state index contributed by atoms with van der Waals surface area (Å²) in [7, 11) is 1.51. The Hall–Kier alpha value is -1.80. The third-order valence-corrected chi connectivity index (χ3v) is 2.81. The predicted molar refractivity (Wildman–Crippen MR) is 76.0 cm³/mol. The Balaban J connectivity index is 2.46. The van der Waals surface area contributed by atoms with Crippen LogP contribution >= 0.6 is 15.9 Å². The van der Waals surface area contributed by atoms with Gasteiger partial charge in [-0.25, -0.2) is 9.59 Å². The van der Waals surface area contributed by atoms with Gasteiger partial charge < -0.3 is 25.6 Å². The minimum absolute atomic E-state index is 0.0461. The number of halogens is 1. The molecule has 2 amide bonds. The third-order valence-electron chi connectivity index (χ3n) is 2.35. The number of hydrogen-bond acceptors (Lipinski definition) is 4. The summed E-state index contributed by atoms with van der Waals surface area (Å²) in [4.78, 5) is 21.9. The van der Waals surface area contributed by atoms with Gasteiger partial charge in [0, 0.05) is 29.2 Å². The molecule has 1 aromatic carbocycles. The van der Waals surface area contributed by atoms with Gasteiger partial charge in [0.25, 0.3) is 0 Å². The number of carbonyl (C=O) groups excluding carboxylic acids is 1. The van der Waals surface area contributed by atoms with Crippen LogP contribution in [-0.4, -0.2) is 42.0 Å². The number of aliphatic hydroxyl groups is 1. The average molecular weight is 347 g/mol. The lowest BCUT2D eigenvalue weighted by atomic mass is 10.2. The smallest absolute Gasteiger partial charge is 0.332 e. The Morgan fingerprint density at radius 1 is 1.40 bits per heavy atom. The number of aliphatic hydroxyl groups excluding tert-OH is 1. The highest BCUT2D eigenvalue weighted by molar-refractivity contribution is 9.10. The molecule has 0 aliphatic heterocycles. The first-order valence-corrected chi connectivity index (χ1v) is 6.52. The zero-order chi connectivity index (χ0) is 15.1. The number of rotatable bonds is 6. The van der Waals surface area contributed by atoms with Gasteiger partial charge >= 0.3 is 12.0 Å². The summed E-state index contributed by atoms with van der Waals surface area (Å²) in [6, 6.07) is 4.57. The Bertz CT molecular complexity index is 495. The van der Waals surface area contributed by atoms with Crippen LogP contribution < -0.4 is 15.4 Å². The zero-order valence-electron chi connectivity index (χ0n) is 10.7. The van der Waals surface area contributed by atoms with Crippen molar-refractivity contribution in [2.45, 2.75) is 12.5 Å². The highest BCUT2D eigenvalue weighted by Gasteiger charge is 2.13. The van der Waals surface area contributed by atoms with E-state index in [1.165, 1.54) is 7.11 Å². The maximum absolute atomic E-state index is 11.6. The molecule has 0 unspecified atom stereocenters. The first-order chi connectivity index (χ1) is 9.42. The van der Waals surface area contributed by atoms with Crippen LogP contribution in [0.2, 0.25) is 0 Å². The molecular weight excluding hydrogens is 332 g/mol. The second-order valence-corrected chi connectivity index (χ2v) is 4.82. The normalized spacial score (nSPS) is 11.6. The van der Waals surface area contributed by atoms with E-state index in [0.717, 1.165) is 4.47 Å². The molecule has 7 nitrogen and oxygen atoms in total. The van der Waals surface area contributed by atoms with E-state index in [1.54, 1.807) is 18.2 Å². The van der Waals surface area contributed by atoms with Crippen molar-refractivity contribution in [1.82, 2.24) is 5.32 Å². The molecular formula is C12H15BrN2O5.